The summed E-state index contributed by atoms with van der Waals surface area (Å²) in [6.07, 6.45) is 3.49. The van der Waals surface area contributed by atoms with Crippen molar-refractivity contribution in [2.45, 2.75) is 6.92 Å². The van der Waals surface area contributed by atoms with Crippen LogP contribution in [0.3, 0.4) is 0 Å². The Kier molecular flexibility index (Phi) is 4.50. The molecule has 16 heavy (non-hydrogen) atoms. The lowest BCUT2D eigenvalue weighted by Crippen LogP contribution is -2.37. The van der Waals surface area contributed by atoms with Gasteiger partial charge in [-0.05, 0) is 12.5 Å². The maximum Gasteiger partial charge on any atom is 0.316 e. The van der Waals surface area contributed by atoms with E-state index in [4.69, 9.17) is 0 Å². The number of carbonyl (C=O) groups is 1. The average molecular weight is 223 g/mol. The number of aryl methyl sites for hydroxylation is 1. The van der Waals surface area contributed by atoms with Crippen LogP contribution in [-0.4, -0.2) is 48.1 Å². The zero-order valence-electron chi connectivity index (χ0n) is 9.82. The fourth-order valence-corrected chi connectivity index (χ4v) is 0.986. The number of hydrogen-bond donors (Lipinski definition) is 2. The lowest BCUT2D eigenvalue weighted by atomic mass is 10.4. The van der Waals surface area contributed by atoms with Gasteiger partial charge >= 0.3 is 6.03 Å². The highest BCUT2D eigenvalue weighted by Gasteiger charge is 2.00. The van der Waals surface area contributed by atoms with Crippen molar-refractivity contribution in [2.24, 2.45) is 0 Å². The minimum Gasteiger partial charge on any atom is -0.352 e. The van der Waals surface area contributed by atoms with E-state index in [2.05, 4.69) is 20.6 Å². The Morgan fingerprint density at radius 1 is 1.31 bits per heavy atom. The summed E-state index contributed by atoms with van der Waals surface area (Å²) < 4.78 is 0. The molecule has 1 aromatic heterocycles. The standard InChI is InChI=1S/C10H17N5O/c1-8-6-13-9(14-7-8)11-4-5-12-10(16)15(2)3/h6-7H,4-5H2,1-3H3,(H,12,16)(H,11,13,14). The zero-order chi connectivity index (χ0) is 12.0. The molecular formula is C10H17N5O. The SMILES string of the molecule is Cc1cnc(NCCNC(=O)N(C)C)nc1. The Morgan fingerprint density at radius 3 is 2.50 bits per heavy atom. The van der Waals surface area contributed by atoms with E-state index < -0.39 is 0 Å². The molecule has 2 amide bonds. The second-order valence-electron chi connectivity index (χ2n) is 3.64. The molecule has 1 rings (SSSR count). The number of nitrogens with one attached hydrogen (secondary N) is 2. The van der Waals surface area contributed by atoms with Crippen LogP contribution < -0.4 is 10.6 Å². The minimum atomic E-state index is -0.105. The van der Waals surface area contributed by atoms with Crippen molar-refractivity contribution in [1.29, 1.82) is 0 Å². The molecule has 1 aromatic rings. The molecule has 0 atom stereocenters. The van der Waals surface area contributed by atoms with Crippen LogP contribution in [-0.2, 0) is 0 Å². The lowest BCUT2D eigenvalue weighted by Gasteiger charge is -2.12. The van der Waals surface area contributed by atoms with E-state index >= 15 is 0 Å². The molecule has 0 saturated carbocycles. The lowest BCUT2D eigenvalue weighted by molar-refractivity contribution is 0.218. The first kappa shape index (κ1) is 12.2. The van der Waals surface area contributed by atoms with Gasteiger partial charge in [0.1, 0.15) is 0 Å². The van der Waals surface area contributed by atoms with Crippen LogP contribution in [0.4, 0.5) is 10.7 Å². The number of nitrogens with zero attached hydrogens (tertiary/aromatic N) is 3. The van der Waals surface area contributed by atoms with Crippen LogP contribution in [0, 0.1) is 6.92 Å². The largest absolute Gasteiger partial charge is 0.352 e. The van der Waals surface area contributed by atoms with Crippen molar-refractivity contribution >= 4 is 12.0 Å². The Morgan fingerprint density at radius 2 is 1.94 bits per heavy atom. The van der Waals surface area contributed by atoms with Crippen molar-refractivity contribution in [3.05, 3.63) is 18.0 Å². The van der Waals surface area contributed by atoms with Crippen LogP contribution in [0.15, 0.2) is 12.4 Å². The van der Waals surface area contributed by atoms with Gasteiger partial charge in [0, 0.05) is 39.6 Å². The molecule has 0 radical (unpaired) electrons. The van der Waals surface area contributed by atoms with Crippen molar-refractivity contribution in [2.75, 3.05) is 32.5 Å². The number of carbonyl (C=O) groups excluding carboxylic acids is 1. The van der Waals surface area contributed by atoms with E-state index in [1.807, 2.05) is 6.92 Å². The zero-order valence-corrected chi connectivity index (χ0v) is 9.82. The number of urea groups is 1. The van der Waals surface area contributed by atoms with E-state index in [-0.39, 0.29) is 6.03 Å². The molecule has 2 N–H and O–H groups in total. The second kappa shape index (κ2) is 5.89. The number of aromatic nitrogens is 2. The summed E-state index contributed by atoms with van der Waals surface area (Å²) >= 11 is 0. The molecule has 0 fully saturated rings. The summed E-state index contributed by atoms with van der Waals surface area (Å²) in [7, 11) is 3.40. The van der Waals surface area contributed by atoms with Gasteiger partial charge in [0.05, 0.1) is 0 Å². The molecular weight excluding hydrogens is 206 g/mol. The van der Waals surface area contributed by atoms with Gasteiger partial charge < -0.3 is 15.5 Å². The van der Waals surface area contributed by atoms with Gasteiger partial charge in [-0.2, -0.15) is 0 Å². The van der Waals surface area contributed by atoms with Crippen molar-refractivity contribution < 1.29 is 4.79 Å². The Hall–Kier alpha value is -1.85. The number of amides is 2. The number of anilines is 1. The number of rotatable bonds is 4. The fraction of sp³-hybridized carbons (Fsp3) is 0.500. The van der Waals surface area contributed by atoms with Crippen molar-refractivity contribution in [3.8, 4) is 0 Å². The molecule has 6 heteroatoms. The molecule has 0 spiro atoms. The van der Waals surface area contributed by atoms with Crippen LogP contribution in [0.25, 0.3) is 0 Å². The summed E-state index contributed by atoms with van der Waals surface area (Å²) in [4.78, 5) is 20.8. The maximum atomic E-state index is 11.2. The van der Waals surface area contributed by atoms with Crippen LogP contribution in [0.5, 0.6) is 0 Å². The Balaban J connectivity index is 2.21. The van der Waals surface area contributed by atoms with Gasteiger partial charge in [-0.3, -0.25) is 0 Å². The third kappa shape index (κ3) is 4.12. The molecule has 0 saturated heterocycles. The van der Waals surface area contributed by atoms with Crippen LogP contribution in [0.2, 0.25) is 0 Å². The highest BCUT2D eigenvalue weighted by molar-refractivity contribution is 5.73. The third-order valence-corrected chi connectivity index (χ3v) is 1.87. The van der Waals surface area contributed by atoms with E-state index in [9.17, 15) is 4.79 Å². The first-order chi connectivity index (χ1) is 7.59. The number of hydrogen-bond acceptors (Lipinski definition) is 4. The van der Waals surface area contributed by atoms with Crippen LogP contribution >= 0.6 is 0 Å². The predicted molar refractivity (Wildman–Crippen MR) is 62.3 cm³/mol. The monoisotopic (exact) mass is 223 g/mol. The average Bonchev–Trinajstić information content (AvgIpc) is 2.26. The normalized spacial score (nSPS) is 9.69. The van der Waals surface area contributed by atoms with Crippen molar-refractivity contribution in [1.82, 2.24) is 20.2 Å². The quantitative estimate of drug-likeness (QED) is 0.728. The molecule has 0 unspecified atom stereocenters. The Bertz CT molecular complexity index is 336. The van der Waals surface area contributed by atoms with E-state index in [1.165, 1.54) is 4.90 Å². The summed E-state index contributed by atoms with van der Waals surface area (Å²) in [6, 6.07) is -0.105. The third-order valence-electron chi connectivity index (χ3n) is 1.87. The van der Waals surface area contributed by atoms with E-state index in [0.29, 0.717) is 19.0 Å². The van der Waals surface area contributed by atoms with Gasteiger partial charge in [0.15, 0.2) is 0 Å². The molecule has 6 nitrogen and oxygen atoms in total. The van der Waals surface area contributed by atoms with Crippen LogP contribution in [0.1, 0.15) is 5.56 Å². The van der Waals surface area contributed by atoms with Gasteiger partial charge in [-0.15, -0.1) is 0 Å². The van der Waals surface area contributed by atoms with Gasteiger partial charge in [0.25, 0.3) is 0 Å². The van der Waals surface area contributed by atoms with Gasteiger partial charge in [-0.25, -0.2) is 14.8 Å². The minimum absolute atomic E-state index is 0.105. The molecule has 0 aliphatic heterocycles. The predicted octanol–water partition coefficient (Wildman–Crippen LogP) is 0.468. The first-order valence-corrected chi connectivity index (χ1v) is 5.07. The highest BCUT2D eigenvalue weighted by Crippen LogP contribution is 1.96. The first-order valence-electron chi connectivity index (χ1n) is 5.07. The summed E-state index contributed by atoms with van der Waals surface area (Å²) in [5.41, 5.74) is 1.02. The van der Waals surface area contributed by atoms with E-state index in [1.54, 1.807) is 26.5 Å². The van der Waals surface area contributed by atoms with Gasteiger partial charge in [0.2, 0.25) is 5.95 Å². The molecule has 0 aliphatic carbocycles. The van der Waals surface area contributed by atoms with Gasteiger partial charge in [-0.1, -0.05) is 0 Å². The summed E-state index contributed by atoms with van der Waals surface area (Å²) in [5.74, 6) is 0.574. The smallest absolute Gasteiger partial charge is 0.316 e. The highest BCUT2D eigenvalue weighted by atomic mass is 16.2. The van der Waals surface area contributed by atoms with Crippen molar-refractivity contribution in [3.63, 3.8) is 0 Å². The molecule has 88 valence electrons. The Labute approximate surface area is 95.1 Å². The summed E-state index contributed by atoms with van der Waals surface area (Å²) in [5, 5.41) is 5.74. The molecule has 0 bridgehead atoms. The molecule has 0 aliphatic rings. The molecule has 0 aromatic carbocycles. The molecule has 1 heterocycles. The summed E-state index contributed by atoms with van der Waals surface area (Å²) in [6.45, 7) is 3.07. The topological polar surface area (TPSA) is 70.2 Å². The fourth-order valence-electron chi connectivity index (χ4n) is 0.986. The maximum absolute atomic E-state index is 11.2. The second-order valence-corrected chi connectivity index (χ2v) is 3.64. The van der Waals surface area contributed by atoms with E-state index in [0.717, 1.165) is 5.56 Å².